The fraction of sp³-hybridized carbons (Fsp3) is 0.294. The Hall–Kier alpha value is -2.64. The van der Waals surface area contributed by atoms with Crippen LogP contribution in [-0.4, -0.2) is 14.2 Å². The average Bonchev–Trinajstić information content (AvgIpc) is 3.81. The van der Waals surface area contributed by atoms with Gasteiger partial charge in [0.1, 0.15) is 11.5 Å². The van der Waals surface area contributed by atoms with Crippen molar-refractivity contribution in [2.24, 2.45) is 0 Å². The molecule has 0 saturated carbocycles. The molecule has 6 rings (SSSR count). The number of hydrogen-bond acceptors (Lipinski definition) is 6. The van der Waals surface area contributed by atoms with E-state index < -0.39 is 0 Å². The predicted octanol–water partition coefficient (Wildman–Crippen LogP) is 11.8. The first kappa shape index (κ1) is 27.5. The summed E-state index contributed by atoms with van der Waals surface area (Å²) in [5.74, 6) is 1.91. The highest BCUT2D eigenvalue weighted by Crippen LogP contribution is 2.51. The van der Waals surface area contributed by atoms with Gasteiger partial charge in [0.05, 0.1) is 24.0 Å². The number of unbranched alkanes of at least 4 members (excludes halogenated alkanes) is 3. The fourth-order valence-electron chi connectivity index (χ4n) is 5.23. The summed E-state index contributed by atoms with van der Waals surface area (Å²) in [6, 6.07) is 11.4. The smallest absolute Gasteiger partial charge is 0.138 e. The van der Waals surface area contributed by atoms with Gasteiger partial charge in [-0.25, -0.2) is 0 Å². The Labute approximate surface area is 253 Å². The monoisotopic (exact) mass is 602 g/mol. The van der Waals surface area contributed by atoms with Gasteiger partial charge >= 0.3 is 0 Å². The first-order valence-electron chi connectivity index (χ1n) is 14.0. The van der Waals surface area contributed by atoms with Crippen LogP contribution in [0, 0.1) is 0 Å². The highest BCUT2D eigenvalue weighted by atomic mass is 32.1. The van der Waals surface area contributed by atoms with Gasteiger partial charge in [-0.3, -0.25) is 0 Å². The number of allylic oxidation sites excluding steroid dienone is 8. The molecule has 0 fully saturated rings. The van der Waals surface area contributed by atoms with Crippen LogP contribution in [0.15, 0.2) is 66.8 Å². The topological polar surface area (TPSA) is 18.5 Å². The lowest BCUT2D eigenvalue weighted by Gasteiger charge is -2.02. The van der Waals surface area contributed by atoms with Crippen molar-refractivity contribution in [3.8, 4) is 40.8 Å². The van der Waals surface area contributed by atoms with Crippen LogP contribution in [0.2, 0.25) is 0 Å². The summed E-state index contributed by atoms with van der Waals surface area (Å²) in [6.45, 7) is 2.28. The van der Waals surface area contributed by atoms with Crippen molar-refractivity contribution < 1.29 is 9.47 Å². The first-order chi connectivity index (χ1) is 19.7. The van der Waals surface area contributed by atoms with Gasteiger partial charge in [0.25, 0.3) is 0 Å². The van der Waals surface area contributed by atoms with Crippen molar-refractivity contribution in [1.29, 1.82) is 0 Å². The molecule has 0 unspecified atom stereocenters. The number of rotatable bonds is 12. The van der Waals surface area contributed by atoms with Crippen LogP contribution in [0.1, 0.15) is 60.8 Å². The SMILES string of the molecule is CCCCCCc1cc(C2=CC=CC2)sc1-c1cc(OC)c(-c2ccc(-c3sc(C4=CC=CC4)cc3OC)s2)s1. The van der Waals surface area contributed by atoms with Gasteiger partial charge in [0.15, 0.2) is 0 Å². The van der Waals surface area contributed by atoms with Crippen molar-refractivity contribution in [3.63, 3.8) is 0 Å². The Morgan fingerprint density at radius 3 is 1.77 bits per heavy atom. The molecule has 4 heterocycles. The summed E-state index contributed by atoms with van der Waals surface area (Å²) in [7, 11) is 3.56. The maximum absolute atomic E-state index is 5.96. The third-order valence-electron chi connectivity index (χ3n) is 7.40. The van der Waals surface area contributed by atoms with Crippen molar-refractivity contribution in [3.05, 3.63) is 82.1 Å². The lowest BCUT2D eigenvalue weighted by atomic mass is 10.0. The van der Waals surface area contributed by atoms with Crippen molar-refractivity contribution in [2.45, 2.75) is 51.9 Å². The molecule has 0 amide bonds. The molecule has 0 spiro atoms. The second-order valence-electron chi connectivity index (χ2n) is 10.1. The Bertz CT molecular complexity index is 1610. The maximum atomic E-state index is 5.96. The Morgan fingerprint density at radius 2 is 1.20 bits per heavy atom. The predicted molar refractivity (Wildman–Crippen MR) is 179 cm³/mol. The van der Waals surface area contributed by atoms with Crippen LogP contribution in [0.5, 0.6) is 11.5 Å². The van der Waals surface area contributed by atoms with E-state index in [0.29, 0.717) is 0 Å². The van der Waals surface area contributed by atoms with Crippen LogP contribution >= 0.6 is 45.3 Å². The maximum Gasteiger partial charge on any atom is 0.138 e. The third kappa shape index (κ3) is 5.60. The van der Waals surface area contributed by atoms with E-state index >= 15 is 0 Å². The summed E-state index contributed by atoms with van der Waals surface area (Å²) in [4.78, 5) is 10.3. The van der Waals surface area contributed by atoms with Crippen molar-refractivity contribution in [2.75, 3.05) is 14.2 Å². The molecule has 0 saturated heterocycles. The molecule has 206 valence electrons. The van der Waals surface area contributed by atoms with Gasteiger partial charge in [-0.05, 0) is 66.7 Å². The number of aryl methyl sites for hydroxylation is 1. The van der Waals surface area contributed by atoms with Crippen LogP contribution in [0.25, 0.3) is 40.4 Å². The second kappa shape index (κ2) is 12.5. The van der Waals surface area contributed by atoms with Gasteiger partial charge in [-0.2, -0.15) is 0 Å². The van der Waals surface area contributed by atoms with Crippen LogP contribution in [0.4, 0.5) is 0 Å². The van der Waals surface area contributed by atoms with Crippen molar-refractivity contribution >= 4 is 56.5 Å². The largest absolute Gasteiger partial charge is 0.495 e. The highest BCUT2D eigenvalue weighted by Gasteiger charge is 2.22. The minimum absolute atomic E-state index is 0.953. The molecule has 0 aromatic carbocycles. The van der Waals surface area contributed by atoms with E-state index in [1.807, 2.05) is 45.3 Å². The molecule has 2 aliphatic carbocycles. The van der Waals surface area contributed by atoms with Crippen molar-refractivity contribution in [1.82, 2.24) is 0 Å². The van der Waals surface area contributed by atoms with Crippen LogP contribution in [0.3, 0.4) is 0 Å². The molecule has 2 nitrogen and oxygen atoms in total. The number of methoxy groups -OCH3 is 2. The van der Waals surface area contributed by atoms with Crippen LogP contribution in [-0.2, 0) is 6.42 Å². The zero-order valence-electron chi connectivity index (χ0n) is 23.3. The van der Waals surface area contributed by atoms with E-state index in [4.69, 9.17) is 9.47 Å². The molecule has 6 heteroatoms. The summed E-state index contributed by atoms with van der Waals surface area (Å²) in [5.41, 5.74) is 4.28. The molecule has 0 radical (unpaired) electrons. The third-order valence-corrected chi connectivity index (χ3v) is 12.6. The highest BCUT2D eigenvalue weighted by molar-refractivity contribution is 7.29. The summed E-state index contributed by atoms with van der Waals surface area (Å²) >= 11 is 7.46. The molecule has 0 N–H and O–H groups in total. The number of hydrogen-bond donors (Lipinski definition) is 0. The van der Waals surface area contributed by atoms with E-state index in [-0.39, 0.29) is 0 Å². The van der Waals surface area contributed by atoms with E-state index in [2.05, 4.69) is 73.7 Å². The fourth-order valence-corrected chi connectivity index (χ4v) is 10.1. The molecule has 4 aromatic rings. The van der Waals surface area contributed by atoms with Gasteiger partial charge in [-0.15, -0.1) is 45.3 Å². The molecule has 2 aliphatic rings. The average molecular weight is 603 g/mol. The van der Waals surface area contributed by atoms with Crippen LogP contribution < -0.4 is 9.47 Å². The zero-order valence-corrected chi connectivity index (χ0v) is 26.5. The lowest BCUT2D eigenvalue weighted by molar-refractivity contribution is 0.418. The molecule has 0 bridgehead atoms. The molecular formula is C34H34O2S4. The van der Waals surface area contributed by atoms with E-state index in [9.17, 15) is 0 Å². The van der Waals surface area contributed by atoms with E-state index in [1.54, 1.807) is 14.2 Å². The van der Waals surface area contributed by atoms with Gasteiger partial charge < -0.3 is 9.47 Å². The molecular weight excluding hydrogens is 569 g/mol. The summed E-state index contributed by atoms with van der Waals surface area (Å²) in [6.07, 6.45) is 21.5. The molecule has 4 aromatic heterocycles. The Kier molecular flexibility index (Phi) is 8.59. The standard InChI is InChI=1S/C34H34O2S4/c1-4-5-6-7-16-24-19-29(22-12-8-9-13-22)38-32(24)31-21-26(36-3)34(40-31)28-18-17-27(37-28)33-25(35-2)20-30(39-33)23-14-10-11-15-23/h8-12,14,17-21H,4-7,13,15-16H2,1-3H3. The van der Waals surface area contributed by atoms with E-state index in [1.165, 1.54) is 81.4 Å². The zero-order chi connectivity index (χ0) is 27.5. The van der Waals surface area contributed by atoms with Gasteiger partial charge in [0, 0.05) is 35.3 Å². The number of thiophene rings is 4. The minimum atomic E-state index is 0.953. The van der Waals surface area contributed by atoms with Gasteiger partial charge in [0.2, 0.25) is 0 Å². The quantitative estimate of drug-likeness (QED) is 0.150. The normalized spacial score (nSPS) is 14.3. The second-order valence-corrected chi connectivity index (χ2v) is 14.3. The molecule has 0 aliphatic heterocycles. The first-order valence-corrected chi connectivity index (χ1v) is 17.3. The Morgan fingerprint density at radius 1 is 0.625 bits per heavy atom. The lowest BCUT2D eigenvalue weighted by Crippen LogP contribution is -1.85. The minimum Gasteiger partial charge on any atom is -0.495 e. The Balaban J connectivity index is 1.32. The summed E-state index contributed by atoms with van der Waals surface area (Å²) in [5, 5.41) is 0. The van der Waals surface area contributed by atoms with E-state index in [0.717, 1.165) is 30.8 Å². The summed E-state index contributed by atoms with van der Waals surface area (Å²) < 4.78 is 11.8. The number of ether oxygens (including phenoxy) is 2. The molecule has 40 heavy (non-hydrogen) atoms. The molecule has 0 atom stereocenters. The van der Waals surface area contributed by atoms with Gasteiger partial charge in [-0.1, -0.05) is 62.6 Å².